The van der Waals surface area contributed by atoms with Gasteiger partial charge in [-0.1, -0.05) is 37.5 Å². The molecule has 0 atom stereocenters. The Morgan fingerprint density at radius 3 is 2.75 bits per heavy atom. The van der Waals surface area contributed by atoms with Gasteiger partial charge in [-0.3, -0.25) is 4.72 Å². The van der Waals surface area contributed by atoms with Crippen molar-refractivity contribution in [1.82, 2.24) is 9.71 Å². The largest absolute Gasteiger partial charge is 0.257 e. The Labute approximate surface area is 151 Å². The predicted molar refractivity (Wildman–Crippen MR) is 106 cm³/mol. The minimum atomic E-state index is 0.663. The first-order valence-corrected chi connectivity index (χ1v) is 10.3. The molecule has 1 heterocycles. The molecule has 0 unspecified atom stereocenters. The predicted octanol–water partition coefficient (Wildman–Crippen LogP) is 6.20. The zero-order valence-corrected chi connectivity index (χ0v) is 15.6. The number of thiazole rings is 1. The van der Waals surface area contributed by atoms with Gasteiger partial charge in [0.15, 0.2) is 0 Å². The van der Waals surface area contributed by atoms with Gasteiger partial charge in [-0.25, -0.2) is 4.98 Å². The van der Waals surface area contributed by atoms with Crippen LogP contribution in [0.25, 0.3) is 20.8 Å². The van der Waals surface area contributed by atoms with E-state index in [1.165, 1.54) is 52.8 Å². The van der Waals surface area contributed by atoms with E-state index < -0.39 is 0 Å². The number of aromatic nitrogens is 1. The number of rotatable bonds is 4. The minimum absolute atomic E-state index is 0.663. The molecule has 0 saturated heterocycles. The first kappa shape index (κ1) is 16.1. The summed E-state index contributed by atoms with van der Waals surface area (Å²) in [5, 5.41) is 1.12. The first-order chi connectivity index (χ1) is 11.8. The van der Waals surface area contributed by atoms with Crippen molar-refractivity contribution in [3.05, 3.63) is 48.0 Å². The van der Waals surface area contributed by atoms with Crippen molar-refractivity contribution < 1.29 is 0 Å². The van der Waals surface area contributed by atoms with Crippen molar-refractivity contribution in [3.63, 3.8) is 0 Å². The number of fused-ring (bicyclic) bond motifs is 1. The summed E-state index contributed by atoms with van der Waals surface area (Å²) in [5.41, 5.74) is 3.64. The molecule has 0 radical (unpaired) electrons. The van der Waals surface area contributed by atoms with Crippen molar-refractivity contribution in [1.29, 1.82) is 0 Å². The van der Waals surface area contributed by atoms with Crippen LogP contribution in [0.2, 0.25) is 0 Å². The summed E-state index contributed by atoms with van der Waals surface area (Å²) < 4.78 is 4.92. The van der Waals surface area contributed by atoms with Crippen LogP contribution in [-0.4, -0.2) is 11.0 Å². The van der Waals surface area contributed by atoms with Crippen LogP contribution in [0.3, 0.4) is 0 Å². The molecule has 0 aliphatic heterocycles. The van der Waals surface area contributed by atoms with Gasteiger partial charge in [-0.15, -0.1) is 11.3 Å². The summed E-state index contributed by atoms with van der Waals surface area (Å²) in [4.78, 5) is 6.10. The molecule has 2 nitrogen and oxygen atoms in total. The molecule has 1 N–H and O–H groups in total. The van der Waals surface area contributed by atoms with E-state index in [-0.39, 0.29) is 0 Å². The van der Waals surface area contributed by atoms with Crippen molar-refractivity contribution in [3.8, 4) is 10.6 Å². The Balaban J connectivity index is 1.56. The Hall–Kier alpha value is -1.36. The number of benzene rings is 2. The molecule has 1 fully saturated rings. The normalized spacial score (nSPS) is 15.9. The second kappa shape index (κ2) is 7.26. The number of hydrogen-bond donors (Lipinski definition) is 1. The molecule has 1 aliphatic carbocycles. The number of nitrogens with zero attached hydrogens (tertiary/aromatic N) is 1. The van der Waals surface area contributed by atoms with Gasteiger partial charge in [0.2, 0.25) is 0 Å². The number of para-hydroxylation sites is 1. The van der Waals surface area contributed by atoms with Gasteiger partial charge in [-0.05, 0) is 61.5 Å². The van der Waals surface area contributed by atoms with Gasteiger partial charge < -0.3 is 0 Å². The third-order valence-electron chi connectivity index (χ3n) is 4.68. The molecule has 1 saturated carbocycles. The second-order valence-electron chi connectivity index (χ2n) is 6.52. The maximum Gasteiger partial charge on any atom is 0.124 e. The quantitative estimate of drug-likeness (QED) is 0.565. The van der Waals surface area contributed by atoms with Crippen LogP contribution < -0.4 is 4.72 Å². The van der Waals surface area contributed by atoms with Crippen LogP contribution in [0.1, 0.15) is 37.7 Å². The third kappa shape index (κ3) is 3.51. The SMILES string of the molecule is Cc1ccc(SNC2CCCCC2)cc1-c1nc2ccccc2s1. The number of hydrogen-bond acceptors (Lipinski definition) is 4. The third-order valence-corrected chi connectivity index (χ3v) is 6.69. The van der Waals surface area contributed by atoms with E-state index in [4.69, 9.17) is 4.98 Å². The summed E-state index contributed by atoms with van der Waals surface area (Å²) in [6.45, 7) is 2.17. The van der Waals surface area contributed by atoms with E-state index in [9.17, 15) is 0 Å². The maximum atomic E-state index is 4.82. The zero-order chi connectivity index (χ0) is 16.4. The summed E-state index contributed by atoms with van der Waals surface area (Å²) in [6.07, 6.45) is 6.74. The van der Waals surface area contributed by atoms with E-state index in [1.54, 1.807) is 23.3 Å². The average molecular weight is 355 g/mol. The molecule has 1 aromatic heterocycles. The highest BCUT2D eigenvalue weighted by molar-refractivity contribution is 7.97. The van der Waals surface area contributed by atoms with Gasteiger partial charge in [0.1, 0.15) is 5.01 Å². The van der Waals surface area contributed by atoms with Crippen molar-refractivity contribution in [2.24, 2.45) is 0 Å². The molecule has 0 spiro atoms. The molecule has 0 amide bonds. The van der Waals surface area contributed by atoms with Crippen LogP contribution in [0.5, 0.6) is 0 Å². The summed E-state index contributed by atoms with van der Waals surface area (Å²) >= 11 is 3.56. The molecule has 1 aliphatic rings. The fraction of sp³-hybridized carbons (Fsp3) is 0.350. The number of aryl methyl sites for hydroxylation is 1. The molecular weight excluding hydrogens is 332 g/mol. The molecular formula is C20H22N2S2. The molecule has 0 bridgehead atoms. The fourth-order valence-corrected chi connectivity index (χ4v) is 5.15. The van der Waals surface area contributed by atoms with Crippen LogP contribution in [0.4, 0.5) is 0 Å². The molecule has 124 valence electrons. The molecule has 3 aromatic rings. The van der Waals surface area contributed by atoms with E-state index >= 15 is 0 Å². The van der Waals surface area contributed by atoms with E-state index in [0.29, 0.717) is 6.04 Å². The van der Waals surface area contributed by atoms with Crippen LogP contribution in [0.15, 0.2) is 47.4 Å². The van der Waals surface area contributed by atoms with E-state index in [1.807, 2.05) is 0 Å². The van der Waals surface area contributed by atoms with Crippen molar-refractivity contribution in [2.75, 3.05) is 0 Å². The molecule has 4 rings (SSSR count). The maximum absolute atomic E-state index is 4.82. The lowest BCUT2D eigenvalue weighted by Gasteiger charge is -2.22. The monoisotopic (exact) mass is 354 g/mol. The topological polar surface area (TPSA) is 24.9 Å². The second-order valence-corrected chi connectivity index (χ2v) is 8.46. The zero-order valence-electron chi connectivity index (χ0n) is 13.9. The Morgan fingerprint density at radius 2 is 1.92 bits per heavy atom. The molecule has 24 heavy (non-hydrogen) atoms. The van der Waals surface area contributed by atoms with Crippen molar-refractivity contribution >= 4 is 33.5 Å². The van der Waals surface area contributed by atoms with E-state index in [2.05, 4.69) is 54.1 Å². The van der Waals surface area contributed by atoms with Gasteiger partial charge in [0.05, 0.1) is 10.2 Å². The van der Waals surface area contributed by atoms with Gasteiger partial charge in [0, 0.05) is 16.5 Å². The highest BCUT2D eigenvalue weighted by atomic mass is 32.2. The lowest BCUT2D eigenvalue weighted by atomic mass is 9.96. The Bertz CT molecular complexity index is 802. The molecule has 4 heteroatoms. The van der Waals surface area contributed by atoms with Crippen LogP contribution in [0, 0.1) is 6.92 Å². The number of nitrogens with one attached hydrogen (secondary N) is 1. The average Bonchev–Trinajstić information content (AvgIpc) is 3.06. The van der Waals surface area contributed by atoms with Gasteiger partial charge in [-0.2, -0.15) is 0 Å². The highest BCUT2D eigenvalue weighted by Gasteiger charge is 2.14. The fourth-order valence-electron chi connectivity index (χ4n) is 3.25. The standard InChI is InChI=1S/C20H22N2S2/c1-14-11-12-16(24-22-15-7-3-2-4-8-15)13-17(14)20-21-18-9-5-6-10-19(18)23-20/h5-6,9-13,15,22H,2-4,7-8H2,1H3. The first-order valence-electron chi connectivity index (χ1n) is 8.68. The van der Waals surface area contributed by atoms with Crippen LogP contribution >= 0.6 is 23.3 Å². The van der Waals surface area contributed by atoms with E-state index in [0.717, 1.165) is 10.5 Å². The van der Waals surface area contributed by atoms with Gasteiger partial charge >= 0.3 is 0 Å². The lowest BCUT2D eigenvalue weighted by molar-refractivity contribution is 0.423. The summed E-state index contributed by atoms with van der Waals surface area (Å²) in [7, 11) is 0. The van der Waals surface area contributed by atoms with Crippen molar-refractivity contribution in [2.45, 2.75) is 50.0 Å². The van der Waals surface area contributed by atoms with Crippen LogP contribution in [-0.2, 0) is 0 Å². The van der Waals surface area contributed by atoms with Gasteiger partial charge in [0.25, 0.3) is 0 Å². The Morgan fingerprint density at radius 1 is 1.08 bits per heavy atom. The summed E-state index contributed by atoms with van der Waals surface area (Å²) in [5.74, 6) is 0. The smallest absolute Gasteiger partial charge is 0.124 e. The lowest BCUT2D eigenvalue weighted by Crippen LogP contribution is -2.25. The highest BCUT2D eigenvalue weighted by Crippen LogP contribution is 2.34. The molecule has 2 aromatic carbocycles. The Kier molecular flexibility index (Phi) is 4.88. The minimum Gasteiger partial charge on any atom is -0.257 e. The summed E-state index contributed by atoms with van der Waals surface area (Å²) in [6, 6.07) is 15.8.